The average molecular weight is 367 g/mol. The van der Waals surface area contributed by atoms with Gasteiger partial charge in [-0.15, -0.1) is 0 Å². The van der Waals surface area contributed by atoms with Crippen LogP contribution in [-0.2, 0) is 16.6 Å². The Bertz CT molecular complexity index is 770. The van der Waals surface area contributed by atoms with Crippen molar-refractivity contribution in [2.45, 2.75) is 32.6 Å². The number of carbonyl (C=O) groups is 1. The Hall–Kier alpha value is -2.49. The van der Waals surface area contributed by atoms with E-state index in [0.717, 1.165) is 37.5 Å². The molecule has 1 aliphatic rings. The van der Waals surface area contributed by atoms with E-state index in [1.807, 2.05) is 29.2 Å². The lowest BCUT2D eigenvalue weighted by atomic mass is 9.85. The number of rotatable bonds is 4. The average Bonchev–Trinajstić information content (AvgIpc) is 2.68. The molecule has 1 saturated heterocycles. The second-order valence-electron chi connectivity index (χ2n) is 8.16. The Balaban J connectivity index is 1.61. The molecule has 1 fully saturated rings. The van der Waals surface area contributed by atoms with Gasteiger partial charge in [-0.25, -0.2) is 0 Å². The van der Waals surface area contributed by atoms with Gasteiger partial charge in [-0.2, -0.15) is 0 Å². The van der Waals surface area contributed by atoms with Crippen molar-refractivity contribution in [2.75, 3.05) is 38.2 Å². The number of benzene rings is 2. The predicted octanol–water partition coefficient (Wildman–Crippen LogP) is 3.88. The molecule has 0 bridgehead atoms. The maximum absolute atomic E-state index is 12.7. The monoisotopic (exact) mass is 366 g/mol. The first kappa shape index (κ1) is 19.3. The summed E-state index contributed by atoms with van der Waals surface area (Å²) >= 11 is 0. The molecule has 4 heteroatoms. The summed E-state index contributed by atoms with van der Waals surface area (Å²) in [5, 5.41) is 0. The molecule has 144 valence electrons. The van der Waals surface area contributed by atoms with Gasteiger partial charge < -0.3 is 14.5 Å². The number of piperazine rings is 1. The topological polar surface area (TPSA) is 32.8 Å². The Morgan fingerprint density at radius 3 is 2.19 bits per heavy atom. The largest absolute Gasteiger partial charge is 0.497 e. The van der Waals surface area contributed by atoms with Crippen molar-refractivity contribution >= 4 is 11.6 Å². The SMILES string of the molecule is COc1ccc(CC(=O)N2CCN(c3ccccc3C(C)(C)C)CC2)cc1. The molecule has 1 heterocycles. The highest BCUT2D eigenvalue weighted by molar-refractivity contribution is 5.79. The summed E-state index contributed by atoms with van der Waals surface area (Å²) in [4.78, 5) is 17.1. The van der Waals surface area contributed by atoms with Gasteiger partial charge in [-0.1, -0.05) is 51.1 Å². The van der Waals surface area contributed by atoms with Crippen LogP contribution in [0.3, 0.4) is 0 Å². The van der Waals surface area contributed by atoms with Crippen LogP contribution >= 0.6 is 0 Å². The van der Waals surface area contributed by atoms with E-state index >= 15 is 0 Å². The smallest absolute Gasteiger partial charge is 0.227 e. The van der Waals surface area contributed by atoms with Crippen LogP contribution in [0.5, 0.6) is 5.75 Å². The molecule has 2 aromatic rings. The molecule has 0 spiro atoms. The van der Waals surface area contributed by atoms with E-state index < -0.39 is 0 Å². The Kier molecular flexibility index (Phi) is 5.73. The number of carbonyl (C=O) groups excluding carboxylic acids is 1. The summed E-state index contributed by atoms with van der Waals surface area (Å²) in [7, 11) is 1.65. The molecule has 4 nitrogen and oxygen atoms in total. The summed E-state index contributed by atoms with van der Waals surface area (Å²) in [6.45, 7) is 10.0. The van der Waals surface area contributed by atoms with Crippen molar-refractivity contribution in [3.8, 4) is 5.75 Å². The number of anilines is 1. The summed E-state index contributed by atoms with van der Waals surface area (Å²) in [6, 6.07) is 16.4. The zero-order valence-corrected chi connectivity index (χ0v) is 16.9. The van der Waals surface area contributed by atoms with E-state index in [0.29, 0.717) is 6.42 Å². The summed E-state index contributed by atoms with van der Waals surface area (Å²) < 4.78 is 5.18. The molecular formula is C23H30N2O2. The van der Waals surface area contributed by atoms with Crippen molar-refractivity contribution in [1.82, 2.24) is 4.90 Å². The minimum Gasteiger partial charge on any atom is -0.497 e. The van der Waals surface area contributed by atoms with Crippen LogP contribution in [-0.4, -0.2) is 44.1 Å². The first-order chi connectivity index (χ1) is 12.9. The van der Waals surface area contributed by atoms with Crippen LogP contribution in [0.1, 0.15) is 31.9 Å². The van der Waals surface area contributed by atoms with Crippen molar-refractivity contribution in [3.05, 3.63) is 59.7 Å². The van der Waals surface area contributed by atoms with Crippen LogP contribution < -0.4 is 9.64 Å². The maximum Gasteiger partial charge on any atom is 0.227 e. The minimum absolute atomic E-state index is 0.109. The molecule has 0 saturated carbocycles. The highest BCUT2D eigenvalue weighted by atomic mass is 16.5. The number of hydrogen-bond acceptors (Lipinski definition) is 3. The van der Waals surface area contributed by atoms with Crippen LogP contribution in [0.15, 0.2) is 48.5 Å². The van der Waals surface area contributed by atoms with E-state index in [4.69, 9.17) is 4.74 Å². The Morgan fingerprint density at radius 2 is 1.59 bits per heavy atom. The molecule has 0 N–H and O–H groups in total. The van der Waals surface area contributed by atoms with Gasteiger partial charge in [-0.3, -0.25) is 4.79 Å². The van der Waals surface area contributed by atoms with E-state index in [2.05, 4.69) is 49.9 Å². The van der Waals surface area contributed by atoms with Crippen molar-refractivity contribution in [1.29, 1.82) is 0 Å². The molecule has 0 unspecified atom stereocenters. The molecule has 3 rings (SSSR count). The van der Waals surface area contributed by atoms with Gasteiger partial charge in [0.1, 0.15) is 5.75 Å². The fourth-order valence-corrected chi connectivity index (χ4v) is 3.61. The fourth-order valence-electron chi connectivity index (χ4n) is 3.61. The Labute approximate surface area is 162 Å². The van der Waals surface area contributed by atoms with Crippen LogP contribution in [0.25, 0.3) is 0 Å². The van der Waals surface area contributed by atoms with Crippen molar-refractivity contribution < 1.29 is 9.53 Å². The number of nitrogens with zero attached hydrogens (tertiary/aromatic N) is 2. The van der Waals surface area contributed by atoms with Gasteiger partial charge in [-0.05, 0) is 34.7 Å². The lowest BCUT2D eigenvalue weighted by molar-refractivity contribution is -0.130. The molecule has 1 aliphatic heterocycles. The molecule has 27 heavy (non-hydrogen) atoms. The molecule has 0 aromatic heterocycles. The van der Waals surface area contributed by atoms with Crippen LogP contribution in [0, 0.1) is 0 Å². The van der Waals surface area contributed by atoms with E-state index in [1.54, 1.807) is 7.11 Å². The number of amides is 1. The Morgan fingerprint density at radius 1 is 0.963 bits per heavy atom. The molecule has 0 radical (unpaired) electrons. The van der Waals surface area contributed by atoms with Crippen molar-refractivity contribution in [2.24, 2.45) is 0 Å². The molecule has 0 atom stereocenters. The quantitative estimate of drug-likeness (QED) is 0.823. The van der Waals surface area contributed by atoms with Gasteiger partial charge in [0.05, 0.1) is 13.5 Å². The van der Waals surface area contributed by atoms with Gasteiger partial charge >= 0.3 is 0 Å². The fraction of sp³-hybridized carbons (Fsp3) is 0.435. The van der Waals surface area contributed by atoms with E-state index in [-0.39, 0.29) is 11.3 Å². The van der Waals surface area contributed by atoms with E-state index in [9.17, 15) is 4.79 Å². The molecule has 2 aromatic carbocycles. The first-order valence-corrected chi connectivity index (χ1v) is 9.63. The maximum atomic E-state index is 12.7. The lowest BCUT2D eigenvalue weighted by Gasteiger charge is -2.38. The third-order valence-electron chi connectivity index (χ3n) is 5.20. The number of para-hydroxylation sites is 1. The zero-order chi connectivity index (χ0) is 19.4. The van der Waals surface area contributed by atoms with Crippen LogP contribution in [0.2, 0.25) is 0 Å². The lowest BCUT2D eigenvalue weighted by Crippen LogP contribution is -2.49. The van der Waals surface area contributed by atoms with Gasteiger partial charge in [0, 0.05) is 31.9 Å². The number of methoxy groups -OCH3 is 1. The number of hydrogen-bond donors (Lipinski definition) is 0. The second-order valence-corrected chi connectivity index (χ2v) is 8.16. The molecule has 0 aliphatic carbocycles. The van der Waals surface area contributed by atoms with Gasteiger partial charge in [0.25, 0.3) is 0 Å². The highest BCUT2D eigenvalue weighted by Crippen LogP contribution is 2.32. The molecular weight excluding hydrogens is 336 g/mol. The summed E-state index contributed by atoms with van der Waals surface area (Å²) in [6.07, 6.45) is 0.447. The predicted molar refractivity (Wildman–Crippen MR) is 111 cm³/mol. The standard InChI is InChI=1S/C23H30N2O2/c1-23(2,3)20-7-5-6-8-21(20)24-13-15-25(16-14-24)22(26)17-18-9-11-19(27-4)12-10-18/h5-12H,13-17H2,1-4H3. The third-order valence-corrected chi connectivity index (χ3v) is 5.20. The summed E-state index contributed by atoms with van der Waals surface area (Å²) in [5.74, 6) is 1.02. The van der Waals surface area contributed by atoms with Crippen LogP contribution in [0.4, 0.5) is 5.69 Å². The third kappa shape index (κ3) is 4.62. The minimum atomic E-state index is 0.109. The molecule has 1 amide bonds. The normalized spacial score (nSPS) is 15.0. The zero-order valence-electron chi connectivity index (χ0n) is 16.9. The second kappa shape index (κ2) is 8.03. The van der Waals surface area contributed by atoms with E-state index in [1.165, 1.54) is 11.3 Å². The first-order valence-electron chi connectivity index (χ1n) is 9.63. The summed E-state index contributed by atoms with van der Waals surface area (Å²) in [5.41, 5.74) is 3.80. The van der Waals surface area contributed by atoms with Crippen molar-refractivity contribution in [3.63, 3.8) is 0 Å². The number of ether oxygens (including phenoxy) is 1. The van der Waals surface area contributed by atoms with Gasteiger partial charge in [0.15, 0.2) is 0 Å². The van der Waals surface area contributed by atoms with Gasteiger partial charge in [0.2, 0.25) is 5.91 Å². The highest BCUT2D eigenvalue weighted by Gasteiger charge is 2.25.